The fourth-order valence-corrected chi connectivity index (χ4v) is 4.08. The van der Waals surface area contributed by atoms with Gasteiger partial charge in [0, 0.05) is 29.4 Å². The summed E-state index contributed by atoms with van der Waals surface area (Å²) in [4.78, 5) is 14.2. The third-order valence-electron chi connectivity index (χ3n) is 3.97. The van der Waals surface area contributed by atoms with Crippen molar-refractivity contribution in [2.45, 2.75) is 0 Å². The molecule has 3 aliphatic rings. The van der Waals surface area contributed by atoms with Gasteiger partial charge in [-0.2, -0.15) is 0 Å². The van der Waals surface area contributed by atoms with Crippen LogP contribution in [0.25, 0.3) is 0 Å². The van der Waals surface area contributed by atoms with Gasteiger partial charge in [-0.25, -0.2) is 8.42 Å². The molecule has 8 nitrogen and oxygen atoms in total. The molecule has 0 bridgehead atoms. The third-order valence-corrected chi connectivity index (χ3v) is 5.79. The van der Waals surface area contributed by atoms with Crippen molar-refractivity contribution in [3.05, 3.63) is 40.5 Å². The quantitative estimate of drug-likeness (QED) is 0.752. The van der Waals surface area contributed by atoms with E-state index in [1.807, 2.05) is 0 Å². The lowest BCUT2D eigenvalue weighted by molar-refractivity contribution is -0.112. The Morgan fingerprint density at radius 1 is 1.19 bits per heavy atom. The first-order valence-electron chi connectivity index (χ1n) is 7.81. The summed E-state index contributed by atoms with van der Waals surface area (Å²) in [6, 6.07) is 3.44. The Kier molecular flexibility index (Phi) is 4.23. The number of rotatable bonds is 2. The fourth-order valence-electron chi connectivity index (χ4n) is 2.69. The van der Waals surface area contributed by atoms with E-state index in [1.54, 1.807) is 23.2 Å². The van der Waals surface area contributed by atoms with Crippen LogP contribution < -0.4 is 14.8 Å². The van der Waals surface area contributed by atoms with Crippen molar-refractivity contribution < 1.29 is 22.7 Å². The smallest absolute Gasteiger partial charge is 0.257 e. The van der Waals surface area contributed by atoms with Gasteiger partial charge < -0.3 is 19.7 Å². The number of fused-ring (bicyclic) bond motifs is 2. The van der Waals surface area contributed by atoms with Gasteiger partial charge in [0.25, 0.3) is 15.9 Å². The predicted octanol–water partition coefficient (Wildman–Crippen LogP) is 1.66. The zero-order chi connectivity index (χ0) is 18.3. The Labute approximate surface area is 158 Å². The molecule has 1 aromatic rings. The van der Waals surface area contributed by atoms with E-state index in [1.165, 1.54) is 12.2 Å². The normalized spacial score (nSPS) is 20.0. The minimum Gasteiger partial charge on any atom is -0.486 e. The number of amidine groups is 1. The van der Waals surface area contributed by atoms with Crippen LogP contribution in [0.15, 0.2) is 44.9 Å². The van der Waals surface area contributed by atoms with E-state index in [0.29, 0.717) is 46.3 Å². The molecule has 10 heteroatoms. The molecular formula is C16H14BrN3O5S. The highest BCUT2D eigenvalue weighted by atomic mass is 79.9. The predicted molar refractivity (Wildman–Crippen MR) is 98.9 cm³/mol. The van der Waals surface area contributed by atoms with Crippen molar-refractivity contribution in [3.63, 3.8) is 0 Å². The van der Waals surface area contributed by atoms with Crippen LogP contribution in [-0.4, -0.2) is 50.6 Å². The molecule has 4 rings (SSSR count). The number of ether oxygens (including phenoxy) is 2. The molecule has 1 amide bonds. The molecule has 0 unspecified atom stereocenters. The Morgan fingerprint density at radius 2 is 1.92 bits per heavy atom. The average molecular weight is 440 g/mol. The van der Waals surface area contributed by atoms with Gasteiger partial charge in [0.05, 0.1) is 17.0 Å². The van der Waals surface area contributed by atoms with Crippen LogP contribution >= 0.6 is 15.9 Å². The van der Waals surface area contributed by atoms with Crippen molar-refractivity contribution >= 4 is 43.4 Å². The lowest BCUT2D eigenvalue weighted by Gasteiger charge is -2.27. The Bertz CT molecular complexity index is 984. The number of carbonyl (C=O) groups is 1. The minimum absolute atomic E-state index is 0.0799. The van der Waals surface area contributed by atoms with Crippen molar-refractivity contribution in [2.24, 2.45) is 4.40 Å². The van der Waals surface area contributed by atoms with E-state index < -0.39 is 10.0 Å². The maximum Gasteiger partial charge on any atom is 0.257 e. The Balaban J connectivity index is 1.55. The van der Waals surface area contributed by atoms with Crippen molar-refractivity contribution in [1.29, 1.82) is 0 Å². The molecule has 0 aliphatic carbocycles. The van der Waals surface area contributed by atoms with Gasteiger partial charge in [0.1, 0.15) is 19.0 Å². The standard InChI is InChI=1S/C16H14BrN3O5S/c17-11-7-13-14(25-5-4-24-13)8-12(11)18-16(21)10-1-2-15-19-26(22,23)6-3-20(15)9-10/h1-2,7-9H,3-6H2,(H,18,21). The zero-order valence-corrected chi connectivity index (χ0v) is 15.8. The van der Waals surface area contributed by atoms with Gasteiger partial charge >= 0.3 is 0 Å². The van der Waals surface area contributed by atoms with Gasteiger partial charge in [0.15, 0.2) is 11.5 Å². The van der Waals surface area contributed by atoms with Crippen LogP contribution in [0.5, 0.6) is 11.5 Å². The van der Waals surface area contributed by atoms with E-state index in [-0.39, 0.29) is 18.2 Å². The lowest BCUT2D eigenvalue weighted by Crippen LogP contribution is -2.37. The van der Waals surface area contributed by atoms with Crippen LogP contribution in [0.4, 0.5) is 5.69 Å². The molecule has 136 valence electrons. The monoisotopic (exact) mass is 439 g/mol. The highest BCUT2D eigenvalue weighted by Gasteiger charge is 2.25. The van der Waals surface area contributed by atoms with Crippen molar-refractivity contribution in [2.75, 3.05) is 30.8 Å². The topological polar surface area (TPSA) is 97.3 Å². The van der Waals surface area contributed by atoms with Gasteiger partial charge in [-0.15, -0.1) is 4.40 Å². The first-order chi connectivity index (χ1) is 12.4. The number of benzene rings is 1. The Hall–Kier alpha value is -2.33. The number of hydrogen-bond acceptors (Lipinski definition) is 6. The first-order valence-corrected chi connectivity index (χ1v) is 10.2. The summed E-state index contributed by atoms with van der Waals surface area (Å²) >= 11 is 3.41. The number of sulfonamides is 1. The van der Waals surface area contributed by atoms with E-state index in [4.69, 9.17) is 9.47 Å². The molecule has 0 saturated heterocycles. The number of nitrogens with one attached hydrogen (secondary N) is 1. The zero-order valence-electron chi connectivity index (χ0n) is 13.4. The highest BCUT2D eigenvalue weighted by molar-refractivity contribution is 9.10. The number of nitrogens with zero attached hydrogens (tertiary/aromatic N) is 2. The van der Waals surface area contributed by atoms with Gasteiger partial charge in [-0.1, -0.05) is 0 Å². The molecule has 0 saturated carbocycles. The second kappa shape index (κ2) is 6.44. The maximum atomic E-state index is 12.6. The molecule has 26 heavy (non-hydrogen) atoms. The molecule has 0 atom stereocenters. The molecule has 1 aromatic carbocycles. The number of hydrogen-bond donors (Lipinski definition) is 1. The molecular weight excluding hydrogens is 426 g/mol. The van der Waals surface area contributed by atoms with Crippen LogP contribution in [-0.2, 0) is 14.8 Å². The maximum absolute atomic E-state index is 12.6. The highest BCUT2D eigenvalue weighted by Crippen LogP contribution is 2.38. The fraction of sp³-hybridized carbons (Fsp3) is 0.250. The molecule has 1 N–H and O–H groups in total. The van der Waals surface area contributed by atoms with Gasteiger partial charge in [-0.05, 0) is 28.1 Å². The third kappa shape index (κ3) is 3.34. The van der Waals surface area contributed by atoms with Gasteiger partial charge in [-0.3, -0.25) is 4.79 Å². The molecule has 0 aromatic heterocycles. The van der Waals surface area contributed by atoms with Crippen molar-refractivity contribution in [1.82, 2.24) is 4.90 Å². The van der Waals surface area contributed by atoms with E-state index >= 15 is 0 Å². The molecule has 3 aliphatic heterocycles. The van der Waals surface area contributed by atoms with Crippen LogP contribution in [0, 0.1) is 0 Å². The summed E-state index contributed by atoms with van der Waals surface area (Å²) in [5, 5.41) is 2.82. The summed E-state index contributed by atoms with van der Waals surface area (Å²) in [5.74, 6) is 1.09. The first kappa shape index (κ1) is 17.1. The van der Waals surface area contributed by atoms with E-state index in [2.05, 4.69) is 25.6 Å². The van der Waals surface area contributed by atoms with Gasteiger partial charge in [0.2, 0.25) is 0 Å². The number of halogens is 1. The second-order valence-corrected chi connectivity index (χ2v) is 8.39. The minimum atomic E-state index is -3.42. The summed E-state index contributed by atoms with van der Waals surface area (Å²) in [5.41, 5.74) is 0.944. The van der Waals surface area contributed by atoms with Crippen molar-refractivity contribution in [3.8, 4) is 11.5 Å². The summed E-state index contributed by atoms with van der Waals surface area (Å²) in [7, 11) is -3.42. The summed E-state index contributed by atoms with van der Waals surface area (Å²) in [6.07, 6.45) is 4.65. The van der Waals surface area contributed by atoms with Crippen LogP contribution in [0.2, 0.25) is 0 Å². The average Bonchev–Trinajstić information content (AvgIpc) is 2.61. The molecule has 0 spiro atoms. The van der Waals surface area contributed by atoms with Crippen LogP contribution in [0.1, 0.15) is 0 Å². The SMILES string of the molecule is O=C(Nc1cc2c(cc1Br)OCCO2)C1=CN2CCS(=O)(=O)N=C2C=C1. The summed E-state index contributed by atoms with van der Waals surface area (Å²) in [6.45, 7) is 1.20. The largest absolute Gasteiger partial charge is 0.486 e. The molecule has 3 heterocycles. The number of carbonyl (C=O) groups excluding carboxylic acids is 1. The lowest BCUT2D eigenvalue weighted by atomic mass is 10.1. The Morgan fingerprint density at radius 3 is 2.69 bits per heavy atom. The molecule has 0 radical (unpaired) electrons. The van der Waals surface area contributed by atoms with E-state index in [9.17, 15) is 13.2 Å². The van der Waals surface area contributed by atoms with E-state index in [0.717, 1.165) is 0 Å². The number of anilines is 1. The molecule has 0 fully saturated rings. The van der Waals surface area contributed by atoms with Crippen LogP contribution in [0.3, 0.4) is 0 Å². The second-order valence-electron chi connectivity index (χ2n) is 5.78. The summed E-state index contributed by atoms with van der Waals surface area (Å²) < 4.78 is 38.5. The number of amides is 1.